The number of rotatable bonds is 6. The maximum atomic E-state index is 13.0. The summed E-state index contributed by atoms with van der Waals surface area (Å²) in [7, 11) is 0. The highest BCUT2D eigenvalue weighted by Gasteiger charge is 2.35. The Labute approximate surface area is 210 Å². The number of anilines is 2. The first-order chi connectivity index (χ1) is 17.4. The molecule has 1 aromatic carbocycles. The van der Waals surface area contributed by atoms with Crippen LogP contribution in [0.4, 0.5) is 11.4 Å². The van der Waals surface area contributed by atoms with Gasteiger partial charge in [0.15, 0.2) is 0 Å². The van der Waals surface area contributed by atoms with Crippen LogP contribution in [0.5, 0.6) is 0 Å². The van der Waals surface area contributed by atoms with Gasteiger partial charge in [0.1, 0.15) is 0 Å². The lowest BCUT2D eigenvalue weighted by Gasteiger charge is -2.44. The summed E-state index contributed by atoms with van der Waals surface area (Å²) in [6.45, 7) is 6.85. The van der Waals surface area contributed by atoms with Crippen molar-refractivity contribution in [1.29, 1.82) is 0 Å². The molecule has 0 spiro atoms. The van der Waals surface area contributed by atoms with Gasteiger partial charge in [0, 0.05) is 61.8 Å². The van der Waals surface area contributed by atoms with Crippen molar-refractivity contribution in [3.63, 3.8) is 0 Å². The van der Waals surface area contributed by atoms with Crippen LogP contribution in [0.25, 0.3) is 0 Å². The smallest absolute Gasteiger partial charge is 0.257 e. The quantitative estimate of drug-likeness (QED) is 0.557. The molecule has 2 amide bonds. The highest BCUT2D eigenvalue weighted by atomic mass is 16.2. The molecule has 2 atom stereocenters. The predicted octanol–water partition coefficient (Wildman–Crippen LogP) is 3.51. The molecule has 2 aliphatic rings. The molecule has 5 rings (SSSR count). The summed E-state index contributed by atoms with van der Waals surface area (Å²) in [5, 5.41) is 5.97. The minimum absolute atomic E-state index is 0.0526. The van der Waals surface area contributed by atoms with E-state index in [9.17, 15) is 14.4 Å². The van der Waals surface area contributed by atoms with Crippen LogP contribution in [0, 0.1) is 11.8 Å². The molecule has 0 aliphatic carbocycles. The molecule has 36 heavy (non-hydrogen) atoms. The lowest BCUT2D eigenvalue weighted by atomic mass is 9.83. The Balaban J connectivity index is 1.46. The summed E-state index contributed by atoms with van der Waals surface area (Å²) in [6.07, 6.45) is 4.18. The van der Waals surface area contributed by atoms with E-state index < -0.39 is 0 Å². The van der Waals surface area contributed by atoms with E-state index in [-0.39, 0.29) is 23.3 Å². The number of pyridine rings is 2. The van der Waals surface area contributed by atoms with Gasteiger partial charge in [0.05, 0.1) is 16.9 Å². The van der Waals surface area contributed by atoms with Crippen LogP contribution in [-0.2, 0) is 6.54 Å². The van der Waals surface area contributed by atoms with Gasteiger partial charge in [-0.05, 0) is 54.7 Å². The number of nitrogens with one attached hydrogen (secondary N) is 2. The zero-order valence-electron chi connectivity index (χ0n) is 20.6. The van der Waals surface area contributed by atoms with E-state index >= 15 is 0 Å². The normalized spacial score (nSPS) is 18.5. The number of piperidine rings is 1. The van der Waals surface area contributed by atoms with Crippen molar-refractivity contribution in [3.8, 4) is 0 Å². The molecule has 0 saturated carbocycles. The van der Waals surface area contributed by atoms with Crippen LogP contribution in [0.2, 0.25) is 0 Å². The highest BCUT2D eigenvalue weighted by Crippen LogP contribution is 2.39. The fourth-order valence-electron chi connectivity index (χ4n) is 5.24. The fourth-order valence-corrected chi connectivity index (χ4v) is 5.24. The maximum absolute atomic E-state index is 13.0. The van der Waals surface area contributed by atoms with Crippen LogP contribution in [0.1, 0.15) is 52.6 Å². The number of carbonyl (C=O) groups excluding carboxylic acids is 2. The van der Waals surface area contributed by atoms with Crippen LogP contribution in [0.3, 0.4) is 0 Å². The number of fused-ring (bicyclic) bond motifs is 4. The number of carbonyl (C=O) groups is 2. The van der Waals surface area contributed by atoms with Gasteiger partial charge in [-0.15, -0.1) is 0 Å². The van der Waals surface area contributed by atoms with Gasteiger partial charge in [-0.25, -0.2) is 0 Å². The second kappa shape index (κ2) is 9.97. The average Bonchev–Trinajstić information content (AvgIpc) is 2.88. The standard InChI is InChI=1S/C28H31N5O3/c1-18(2)13-30-27(35)20-8-9-25(23(12-20)31-28(36)21-5-4-10-29-14-21)32-15-19-11-22(17-32)24-6-3-7-26(34)33(24)16-19/h3-10,12,14,18-19,22H,11,13,15-17H2,1-2H3,(H,30,35)(H,31,36). The van der Waals surface area contributed by atoms with E-state index in [4.69, 9.17) is 0 Å². The lowest BCUT2D eigenvalue weighted by molar-refractivity contribution is 0.0947. The van der Waals surface area contributed by atoms with Crippen molar-refractivity contribution in [2.45, 2.75) is 32.7 Å². The summed E-state index contributed by atoms with van der Waals surface area (Å²) in [5.74, 6) is 0.435. The number of nitrogens with zero attached hydrogens (tertiary/aromatic N) is 3. The first kappa shape index (κ1) is 23.8. The number of amides is 2. The topological polar surface area (TPSA) is 96.3 Å². The van der Waals surface area contributed by atoms with E-state index in [1.165, 1.54) is 6.20 Å². The van der Waals surface area contributed by atoms with Crippen LogP contribution in [-0.4, -0.2) is 41.0 Å². The van der Waals surface area contributed by atoms with E-state index in [0.717, 1.165) is 30.9 Å². The second-order valence-electron chi connectivity index (χ2n) is 10.1. The maximum Gasteiger partial charge on any atom is 0.257 e. The van der Waals surface area contributed by atoms with E-state index in [1.807, 2.05) is 42.7 Å². The number of hydrogen-bond acceptors (Lipinski definition) is 5. The Bertz CT molecular complexity index is 1330. The fraction of sp³-hybridized carbons (Fsp3) is 0.357. The minimum Gasteiger partial charge on any atom is -0.369 e. The van der Waals surface area contributed by atoms with Crippen LogP contribution < -0.4 is 21.1 Å². The largest absolute Gasteiger partial charge is 0.369 e. The molecule has 2 aromatic heterocycles. The monoisotopic (exact) mass is 485 g/mol. The van der Waals surface area contributed by atoms with Crippen LogP contribution in [0.15, 0.2) is 65.7 Å². The van der Waals surface area contributed by atoms with Crippen molar-refractivity contribution < 1.29 is 9.59 Å². The summed E-state index contributed by atoms with van der Waals surface area (Å²) < 4.78 is 1.91. The molecule has 2 N–H and O–H groups in total. The van der Waals surface area contributed by atoms with Gasteiger partial charge in [-0.1, -0.05) is 19.9 Å². The molecule has 3 aromatic rings. The van der Waals surface area contributed by atoms with Gasteiger partial charge in [0.25, 0.3) is 17.4 Å². The highest BCUT2D eigenvalue weighted by molar-refractivity contribution is 6.07. The zero-order valence-corrected chi connectivity index (χ0v) is 20.6. The lowest BCUT2D eigenvalue weighted by Crippen LogP contribution is -2.47. The van der Waals surface area contributed by atoms with E-state index in [2.05, 4.69) is 20.5 Å². The third-order valence-electron chi connectivity index (χ3n) is 6.92. The molecular formula is C28H31N5O3. The van der Waals surface area contributed by atoms with Gasteiger partial charge in [-0.3, -0.25) is 19.4 Å². The van der Waals surface area contributed by atoms with E-state index in [1.54, 1.807) is 30.5 Å². The zero-order chi connectivity index (χ0) is 25.2. The molecule has 2 bridgehead atoms. The third kappa shape index (κ3) is 4.89. The Morgan fingerprint density at radius 3 is 2.67 bits per heavy atom. The Hall–Kier alpha value is -3.94. The van der Waals surface area contributed by atoms with Crippen molar-refractivity contribution in [2.24, 2.45) is 11.8 Å². The first-order valence-electron chi connectivity index (χ1n) is 12.5. The van der Waals surface area contributed by atoms with Gasteiger partial charge < -0.3 is 20.1 Å². The number of hydrogen-bond donors (Lipinski definition) is 2. The molecule has 8 nitrogen and oxygen atoms in total. The molecule has 4 heterocycles. The molecule has 2 aliphatic heterocycles. The van der Waals surface area contributed by atoms with Crippen molar-refractivity contribution >= 4 is 23.2 Å². The summed E-state index contributed by atoms with van der Waals surface area (Å²) in [4.78, 5) is 44.6. The molecule has 1 fully saturated rings. The molecule has 8 heteroatoms. The van der Waals surface area contributed by atoms with Crippen LogP contribution >= 0.6 is 0 Å². The van der Waals surface area contributed by atoms with Crippen molar-refractivity contribution in [2.75, 3.05) is 29.9 Å². The molecule has 2 unspecified atom stereocenters. The minimum atomic E-state index is -0.279. The van der Waals surface area contributed by atoms with Gasteiger partial charge >= 0.3 is 0 Å². The molecule has 186 valence electrons. The van der Waals surface area contributed by atoms with Crippen molar-refractivity contribution in [1.82, 2.24) is 14.9 Å². The Morgan fingerprint density at radius 1 is 1.03 bits per heavy atom. The second-order valence-corrected chi connectivity index (χ2v) is 10.1. The van der Waals surface area contributed by atoms with Gasteiger partial charge in [-0.2, -0.15) is 0 Å². The third-order valence-corrected chi connectivity index (χ3v) is 6.92. The predicted molar refractivity (Wildman–Crippen MR) is 140 cm³/mol. The molecule has 1 saturated heterocycles. The number of benzene rings is 1. The molecule has 0 radical (unpaired) electrons. The Morgan fingerprint density at radius 2 is 1.89 bits per heavy atom. The summed E-state index contributed by atoms with van der Waals surface area (Å²) in [6, 6.07) is 14.4. The number of aromatic nitrogens is 2. The molecular weight excluding hydrogens is 454 g/mol. The summed E-state index contributed by atoms with van der Waals surface area (Å²) >= 11 is 0. The van der Waals surface area contributed by atoms with Crippen molar-refractivity contribution in [3.05, 3.63) is 88.1 Å². The summed E-state index contributed by atoms with van der Waals surface area (Å²) in [5.41, 5.74) is 3.52. The first-order valence-corrected chi connectivity index (χ1v) is 12.5. The van der Waals surface area contributed by atoms with E-state index in [0.29, 0.717) is 41.7 Å². The SMILES string of the molecule is CC(C)CNC(=O)c1ccc(N2CC3CC(C2)c2cccc(=O)n2C3)c(NC(=O)c2cccnc2)c1. The Kier molecular flexibility index (Phi) is 6.59. The van der Waals surface area contributed by atoms with Gasteiger partial charge in [0.2, 0.25) is 0 Å². The average molecular weight is 486 g/mol.